The molecule has 0 saturated heterocycles. The van der Waals surface area contributed by atoms with E-state index in [1.54, 1.807) is 11.3 Å². The number of halogens is 1. The Bertz CT molecular complexity index is 767. The molecule has 0 aliphatic rings. The van der Waals surface area contributed by atoms with Gasteiger partial charge in [-0.1, -0.05) is 32.0 Å². The van der Waals surface area contributed by atoms with Gasteiger partial charge in [-0.3, -0.25) is 0 Å². The first-order chi connectivity index (χ1) is 10.1. The fraction of sp³-hybridized carbons (Fsp3) is 0.250. The number of hydrogen-bond acceptors (Lipinski definition) is 4. The summed E-state index contributed by atoms with van der Waals surface area (Å²) in [5.41, 5.74) is 1.90. The Morgan fingerprint density at radius 2 is 2.10 bits per heavy atom. The molecule has 0 bridgehead atoms. The molecule has 1 N–H and O–H groups in total. The molecule has 0 aliphatic carbocycles. The van der Waals surface area contributed by atoms with E-state index in [4.69, 9.17) is 4.98 Å². The minimum atomic E-state index is 0.473. The van der Waals surface area contributed by atoms with Gasteiger partial charge in [-0.2, -0.15) is 0 Å². The van der Waals surface area contributed by atoms with Crippen LogP contribution in [0.1, 0.15) is 18.7 Å². The smallest absolute Gasteiger partial charge is 0.143 e. The quantitative estimate of drug-likeness (QED) is 0.736. The normalized spacial score (nSPS) is 11.4. The van der Waals surface area contributed by atoms with Crippen LogP contribution in [0.15, 0.2) is 41.0 Å². The molecule has 0 unspecified atom stereocenters. The number of pyridine rings is 1. The molecule has 21 heavy (non-hydrogen) atoms. The Hall–Kier alpha value is -1.30. The van der Waals surface area contributed by atoms with Gasteiger partial charge < -0.3 is 5.32 Å². The maximum atomic E-state index is 4.73. The number of fused-ring (bicyclic) bond motifs is 1. The Morgan fingerprint density at radius 3 is 2.90 bits per heavy atom. The lowest BCUT2D eigenvalue weighted by Crippen LogP contribution is -2.21. The predicted octanol–water partition coefficient (Wildman–Crippen LogP) is 4.62. The minimum Gasteiger partial charge on any atom is -0.310 e. The molecule has 2 aromatic heterocycles. The van der Waals surface area contributed by atoms with Crippen LogP contribution in [0.2, 0.25) is 0 Å². The van der Waals surface area contributed by atoms with E-state index in [-0.39, 0.29) is 0 Å². The van der Waals surface area contributed by atoms with Gasteiger partial charge in [0.05, 0.1) is 5.52 Å². The molecule has 108 valence electrons. The van der Waals surface area contributed by atoms with E-state index in [9.17, 15) is 0 Å². The van der Waals surface area contributed by atoms with Crippen LogP contribution in [0, 0.1) is 0 Å². The second-order valence-corrected chi connectivity index (χ2v) is 7.15. The van der Waals surface area contributed by atoms with Crippen molar-refractivity contribution in [2.24, 2.45) is 0 Å². The molecule has 1 aromatic carbocycles. The van der Waals surface area contributed by atoms with E-state index in [0.29, 0.717) is 6.04 Å². The molecule has 0 saturated carbocycles. The van der Waals surface area contributed by atoms with E-state index in [2.05, 4.69) is 52.2 Å². The summed E-state index contributed by atoms with van der Waals surface area (Å²) in [5.74, 6) is 0. The monoisotopic (exact) mass is 361 g/mol. The summed E-state index contributed by atoms with van der Waals surface area (Å²) in [6.45, 7) is 5.13. The fourth-order valence-electron chi connectivity index (χ4n) is 2.04. The molecule has 5 heteroatoms. The Morgan fingerprint density at radius 1 is 1.29 bits per heavy atom. The highest BCUT2D eigenvalue weighted by Gasteiger charge is 2.11. The summed E-state index contributed by atoms with van der Waals surface area (Å²) in [5, 5.41) is 5.49. The van der Waals surface area contributed by atoms with Gasteiger partial charge in [0.15, 0.2) is 0 Å². The van der Waals surface area contributed by atoms with Crippen LogP contribution >= 0.6 is 27.3 Å². The number of hydrogen-bond donors (Lipinski definition) is 1. The van der Waals surface area contributed by atoms with Gasteiger partial charge in [0.2, 0.25) is 0 Å². The summed E-state index contributed by atoms with van der Waals surface area (Å²) in [6.07, 6.45) is 1.93. The minimum absolute atomic E-state index is 0.473. The van der Waals surface area contributed by atoms with Gasteiger partial charge in [-0.05, 0) is 28.1 Å². The van der Waals surface area contributed by atoms with Crippen molar-refractivity contribution in [2.45, 2.75) is 26.4 Å². The van der Waals surface area contributed by atoms with Crippen molar-refractivity contribution < 1.29 is 0 Å². The lowest BCUT2D eigenvalue weighted by molar-refractivity contribution is 0.593. The molecule has 3 nitrogen and oxygen atoms in total. The van der Waals surface area contributed by atoms with Crippen molar-refractivity contribution >= 4 is 38.2 Å². The van der Waals surface area contributed by atoms with Crippen LogP contribution in [0.3, 0.4) is 0 Å². The number of nitrogens with zero attached hydrogens (tertiary/aromatic N) is 2. The third-order valence-electron chi connectivity index (χ3n) is 3.12. The number of thiazole rings is 1. The van der Waals surface area contributed by atoms with Gasteiger partial charge in [0.25, 0.3) is 0 Å². The zero-order chi connectivity index (χ0) is 14.8. The third-order valence-corrected chi connectivity index (χ3v) is 4.73. The molecule has 0 spiro atoms. The molecule has 3 aromatic rings. The highest BCUT2D eigenvalue weighted by molar-refractivity contribution is 9.10. The summed E-state index contributed by atoms with van der Waals surface area (Å²) in [6, 6.07) is 10.7. The second-order valence-electron chi connectivity index (χ2n) is 5.18. The van der Waals surface area contributed by atoms with Crippen molar-refractivity contribution in [3.8, 4) is 10.7 Å². The van der Waals surface area contributed by atoms with Gasteiger partial charge in [-0.15, -0.1) is 11.3 Å². The molecule has 2 heterocycles. The second kappa shape index (κ2) is 6.22. The third kappa shape index (κ3) is 3.31. The predicted molar refractivity (Wildman–Crippen MR) is 92.5 cm³/mol. The number of benzene rings is 1. The Balaban J connectivity index is 1.94. The number of para-hydroxylation sites is 1. The van der Waals surface area contributed by atoms with E-state index < -0.39 is 0 Å². The van der Waals surface area contributed by atoms with E-state index in [1.165, 1.54) is 4.88 Å². The molecule has 3 rings (SSSR count). The number of aromatic nitrogens is 2. The highest BCUT2D eigenvalue weighted by atomic mass is 79.9. The van der Waals surface area contributed by atoms with Crippen LogP contribution in [0.4, 0.5) is 0 Å². The lowest BCUT2D eigenvalue weighted by atomic mass is 10.2. The lowest BCUT2D eigenvalue weighted by Gasteiger charge is -2.05. The molecule has 0 atom stereocenters. The largest absolute Gasteiger partial charge is 0.310 e. The summed E-state index contributed by atoms with van der Waals surface area (Å²) < 4.78 is 0.985. The molecule has 0 radical (unpaired) electrons. The zero-order valence-electron chi connectivity index (χ0n) is 11.9. The van der Waals surface area contributed by atoms with Crippen LogP contribution in [0.25, 0.3) is 21.6 Å². The van der Waals surface area contributed by atoms with Crippen LogP contribution in [-0.2, 0) is 6.54 Å². The van der Waals surface area contributed by atoms with Crippen molar-refractivity contribution in [1.29, 1.82) is 0 Å². The standard InChI is InChI=1S/C16H16BrN3S/c1-10(2)18-8-12-9-19-16(21-12)15-13(17)7-11-5-3-4-6-14(11)20-15/h3-7,9-10,18H,8H2,1-2H3. The maximum absolute atomic E-state index is 4.73. The van der Waals surface area contributed by atoms with Crippen molar-refractivity contribution in [3.05, 3.63) is 45.9 Å². The van der Waals surface area contributed by atoms with Crippen molar-refractivity contribution in [1.82, 2.24) is 15.3 Å². The first kappa shape index (κ1) is 14.6. The molecule has 0 fully saturated rings. The van der Waals surface area contributed by atoms with Gasteiger partial charge in [0.1, 0.15) is 10.7 Å². The molecule has 0 aliphatic heterocycles. The average molecular weight is 362 g/mol. The fourth-order valence-corrected chi connectivity index (χ4v) is 3.56. The van der Waals surface area contributed by atoms with Crippen molar-refractivity contribution in [2.75, 3.05) is 0 Å². The summed E-state index contributed by atoms with van der Waals surface area (Å²) in [7, 11) is 0. The number of rotatable bonds is 4. The van der Waals surface area contributed by atoms with Gasteiger partial charge in [0, 0.05) is 33.5 Å². The first-order valence-electron chi connectivity index (χ1n) is 6.87. The maximum Gasteiger partial charge on any atom is 0.143 e. The topological polar surface area (TPSA) is 37.8 Å². The van der Waals surface area contributed by atoms with E-state index in [0.717, 1.165) is 32.6 Å². The molecular weight excluding hydrogens is 346 g/mol. The Kier molecular flexibility index (Phi) is 4.33. The molecular formula is C16H16BrN3S. The van der Waals surface area contributed by atoms with Crippen LogP contribution < -0.4 is 5.32 Å². The SMILES string of the molecule is CC(C)NCc1cnc(-c2nc3ccccc3cc2Br)s1. The van der Waals surface area contributed by atoms with Gasteiger partial charge >= 0.3 is 0 Å². The summed E-state index contributed by atoms with van der Waals surface area (Å²) >= 11 is 5.30. The highest BCUT2D eigenvalue weighted by Crippen LogP contribution is 2.32. The van der Waals surface area contributed by atoms with Crippen LogP contribution in [0.5, 0.6) is 0 Å². The number of nitrogens with one attached hydrogen (secondary N) is 1. The summed E-state index contributed by atoms with van der Waals surface area (Å²) in [4.78, 5) is 10.5. The molecule has 0 amide bonds. The van der Waals surface area contributed by atoms with Crippen LogP contribution in [-0.4, -0.2) is 16.0 Å². The van der Waals surface area contributed by atoms with E-state index >= 15 is 0 Å². The first-order valence-corrected chi connectivity index (χ1v) is 8.48. The average Bonchev–Trinajstić information content (AvgIpc) is 2.93. The van der Waals surface area contributed by atoms with Gasteiger partial charge in [-0.25, -0.2) is 9.97 Å². The Labute approximate surface area is 136 Å². The van der Waals surface area contributed by atoms with Crippen molar-refractivity contribution in [3.63, 3.8) is 0 Å². The van der Waals surface area contributed by atoms with E-state index in [1.807, 2.05) is 24.4 Å². The zero-order valence-corrected chi connectivity index (χ0v) is 14.3.